The Morgan fingerprint density at radius 2 is 2.20 bits per heavy atom. The lowest BCUT2D eigenvalue weighted by Gasteiger charge is -1.93. The van der Waals surface area contributed by atoms with Gasteiger partial charge in [-0.15, -0.1) is 0 Å². The minimum absolute atomic E-state index is 0.167. The summed E-state index contributed by atoms with van der Waals surface area (Å²) in [5.41, 5.74) is 1.62. The zero-order valence-electron chi connectivity index (χ0n) is 7.22. The van der Waals surface area contributed by atoms with Gasteiger partial charge in [-0.05, 0) is 18.8 Å². The second-order valence-corrected chi connectivity index (χ2v) is 15.9. The highest BCUT2D eigenvalue weighted by molar-refractivity contribution is 7.04. The lowest BCUT2D eigenvalue weighted by Crippen LogP contribution is -2.02. The predicted octanol–water partition coefficient (Wildman–Crippen LogP) is -3.09. The highest BCUT2D eigenvalue weighted by Crippen LogP contribution is 1.83. The molecule has 2 nitrogen and oxygen atoms in total. The third kappa shape index (κ3) is 9.00. The summed E-state index contributed by atoms with van der Waals surface area (Å²) in [4.78, 5) is 0. The highest BCUT2D eigenvalue weighted by Gasteiger charge is 1.98. The molecule has 1 saturated heterocycles. The van der Waals surface area contributed by atoms with Crippen LogP contribution in [0.5, 0.6) is 0 Å². The van der Waals surface area contributed by atoms with Crippen molar-refractivity contribution in [1.29, 1.82) is 0 Å². The monoisotopic (exact) mass is 226 g/mol. The minimum Gasteiger partial charge on any atom is -0.468 e. The second kappa shape index (κ2) is 8.10. The Morgan fingerprint density at radius 1 is 1.60 bits per heavy atom. The summed E-state index contributed by atoms with van der Waals surface area (Å²) >= 11 is 0. The largest absolute Gasteiger partial charge is 0.468 e. The first-order chi connectivity index (χ1) is 4.77. The molecule has 0 aromatic carbocycles. The van der Waals surface area contributed by atoms with Crippen molar-refractivity contribution in [2.45, 2.75) is 18.8 Å². The van der Waals surface area contributed by atoms with Crippen molar-refractivity contribution in [3.8, 4) is 0 Å². The van der Waals surface area contributed by atoms with Crippen LogP contribution in [0.25, 0.3) is 0 Å². The fraction of sp³-hybridized carbons (Fsp3) is 1.00. The molecule has 0 bridgehead atoms. The molecule has 0 saturated carbocycles. The van der Waals surface area contributed by atoms with Crippen LogP contribution >= 0.6 is 0 Å². The van der Waals surface area contributed by atoms with E-state index in [1.807, 2.05) is 0 Å². The zero-order valence-corrected chi connectivity index (χ0v) is 14.6. The summed E-state index contributed by atoms with van der Waals surface area (Å²) in [6.07, 6.45) is 0. The van der Waals surface area contributed by atoms with Gasteiger partial charge in [0.05, 0.1) is 0 Å². The van der Waals surface area contributed by atoms with Gasteiger partial charge >= 0.3 is 0 Å². The van der Waals surface area contributed by atoms with Crippen LogP contribution in [0.2, 0.25) is 18.8 Å². The van der Waals surface area contributed by atoms with E-state index in [0.29, 0.717) is 9.04 Å². The Bertz CT molecular complexity index is 58.3. The zero-order chi connectivity index (χ0) is 7.82. The number of hydrogen-bond acceptors (Lipinski definition) is 2. The fourth-order valence-electron chi connectivity index (χ4n) is 0.510. The molecule has 0 amide bonds. The van der Waals surface area contributed by atoms with E-state index in [-0.39, 0.29) is 19.0 Å². The summed E-state index contributed by atoms with van der Waals surface area (Å²) in [5.74, 6) is 0. The second-order valence-electron chi connectivity index (χ2n) is 2.60. The van der Waals surface area contributed by atoms with Gasteiger partial charge in [0.1, 0.15) is 29.5 Å². The maximum atomic E-state index is 5.28. The van der Waals surface area contributed by atoms with Crippen molar-refractivity contribution in [3.05, 3.63) is 0 Å². The van der Waals surface area contributed by atoms with Crippen LogP contribution in [0, 0.1) is 0 Å². The van der Waals surface area contributed by atoms with E-state index in [9.17, 15) is 0 Å². The SMILES string of the molecule is C1[SiH2]O[SiH2][SiH2]1.C[SiH](C)O[SiH3]. The van der Waals surface area contributed by atoms with Crippen molar-refractivity contribution in [2.24, 2.45) is 0 Å². The molecule has 0 N–H and O–H groups in total. The Hall–Kier alpha value is 1.00. The van der Waals surface area contributed by atoms with E-state index in [1.54, 1.807) is 5.67 Å². The summed E-state index contributed by atoms with van der Waals surface area (Å²) in [5, 5.41) is 0. The van der Waals surface area contributed by atoms with Crippen LogP contribution in [-0.4, -0.2) is 47.6 Å². The van der Waals surface area contributed by atoms with Gasteiger partial charge in [-0.1, -0.05) is 0 Å². The molecule has 1 heterocycles. The Kier molecular flexibility index (Phi) is 8.92. The smallest absolute Gasteiger partial charge is 0.156 e. The van der Waals surface area contributed by atoms with Crippen LogP contribution in [0.4, 0.5) is 0 Å². The molecule has 0 atom stereocenters. The van der Waals surface area contributed by atoms with Crippen molar-refractivity contribution in [2.75, 3.05) is 0 Å². The standard InChI is InChI=1S/C2H10OSi2.CH8OSi3/c1-5(2)3-4;1-3-2-5-4-1/h5H,1-2,4H3;1,3-5H2. The van der Waals surface area contributed by atoms with E-state index in [0.717, 1.165) is 10.5 Å². The van der Waals surface area contributed by atoms with Gasteiger partial charge in [0.25, 0.3) is 0 Å². The van der Waals surface area contributed by atoms with Gasteiger partial charge in [-0.3, -0.25) is 0 Å². The first-order valence-electron chi connectivity index (χ1n) is 3.88. The van der Waals surface area contributed by atoms with Gasteiger partial charge in [0.15, 0.2) is 9.04 Å². The molecule has 10 heavy (non-hydrogen) atoms. The molecule has 0 spiro atoms. The third-order valence-electron chi connectivity index (χ3n) is 1.30. The minimum atomic E-state index is -0.588. The highest BCUT2D eigenvalue weighted by atomic mass is 29.2. The van der Waals surface area contributed by atoms with Gasteiger partial charge in [-0.2, -0.15) is 0 Å². The van der Waals surface area contributed by atoms with Crippen molar-refractivity contribution in [3.63, 3.8) is 0 Å². The van der Waals surface area contributed by atoms with Crippen LogP contribution in [0.1, 0.15) is 0 Å². The lowest BCUT2D eigenvalue weighted by atomic mass is 11.9. The Balaban J connectivity index is 0.000000162. The maximum absolute atomic E-state index is 5.28. The molecule has 1 rings (SSSR count). The number of rotatable bonds is 1. The van der Waals surface area contributed by atoms with Crippen LogP contribution < -0.4 is 0 Å². The Labute approximate surface area is 74.8 Å². The fourth-order valence-corrected chi connectivity index (χ4v) is 13.8. The normalized spacial score (nSPS) is 24.3. The van der Waals surface area contributed by atoms with Crippen LogP contribution in [0.15, 0.2) is 0 Å². The Morgan fingerprint density at radius 3 is 2.30 bits per heavy atom. The molecule has 1 aliphatic heterocycles. The van der Waals surface area contributed by atoms with Crippen LogP contribution in [0.3, 0.4) is 0 Å². The molecule has 0 aromatic heterocycles. The molecule has 1 fully saturated rings. The topological polar surface area (TPSA) is 18.5 Å². The van der Waals surface area contributed by atoms with Crippen molar-refractivity contribution in [1.82, 2.24) is 0 Å². The summed E-state index contributed by atoms with van der Waals surface area (Å²) in [6, 6.07) is 0. The lowest BCUT2D eigenvalue weighted by molar-refractivity contribution is 0.647. The quantitative estimate of drug-likeness (QED) is 0.442. The molecular weight excluding hydrogens is 208 g/mol. The van der Waals surface area contributed by atoms with Crippen molar-refractivity contribution >= 4 is 47.6 Å². The van der Waals surface area contributed by atoms with E-state index in [2.05, 4.69) is 13.1 Å². The molecule has 0 aliphatic carbocycles. The summed E-state index contributed by atoms with van der Waals surface area (Å²) in [6.45, 7) is 4.35. The van der Waals surface area contributed by atoms with Crippen LogP contribution in [-0.2, 0) is 8.23 Å². The van der Waals surface area contributed by atoms with E-state index in [4.69, 9.17) is 8.23 Å². The molecule has 0 aromatic rings. The molecule has 7 heteroatoms. The van der Waals surface area contributed by atoms with E-state index >= 15 is 0 Å². The van der Waals surface area contributed by atoms with Gasteiger partial charge in [0, 0.05) is 9.04 Å². The van der Waals surface area contributed by atoms with E-state index in [1.165, 1.54) is 0 Å². The molecular formula is C3H18O2Si5. The maximum Gasteiger partial charge on any atom is 0.156 e. The molecule has 0 radical (unpaired) electrons. The molecule has 0 unspecified atom stereocenters. The first kappa shape index (κ1) is 11.0. The average Bonchev–Trinajstić information content (AvgIpc) is 2.43. The van der Waals surface area contributed by atoms with E-state index < -0.39 is 9.04 Å². The van der Waals surface area contributed by atoms with Gasteiger partial charge < -0.3 is 8.23 Å². The van der Waals surface area contributed by atoms with Gasteiger partial charge in [0.2, 0.25) is 0 Å². The number of hydrogen-bond donors (Lipinski definition) is 0. The predicted molar refractivity (Wildman–Crippen MR) is 61.4 cm³/mol. The molecule has 1 aliphatic rings. The summed E-state index contributed by atoms with van der Waals surface area (Å²) in [7, 11) is 1.28. The average molecular weight is 227 g/mol. The van der Waals surface area contributed by atoms with Crippen molar-refractivity contribution < 1.29 is 8.23 Å². The molecule has 62 valence electrons. The summed E-state index contributed by atoms with van der Waals surface area (Å²) < 4.78 is 10.3. The first-order valence-corrected chi connectivity index (χ1v) is 14.6. The van der Waals surface area contributed by atoms with Gasteiger partial charge in [-0.25, -0.2) is 0 Å². The third-order valence-corrected chi connectivity index (χ3v) is 18.8.